The second-order valence-electron chi connectivity index (χ2n) is 10.3. The first-order valence-corrected chi connectivity index (χ1v) is 13.9. The van der Waals surface area contributed by atoms with Crippen LogP contribution in [0.2, 0.25) is 0 Å². The number of carboxylic acid groups (broad SMARTS) is 2. The van der Waals surface area contributed by atoms with Crippen molar-refractivity contribution in [3.05, 3.63) is 71.9 Å². The largest absolute Gasteiger partial charge is 0.481 e. The van der Waals surface area contributed by atoms with E-state index in [1.807, 2.05) is 24.3 Å². The molecule has 0 fully saturated rings. The molecule has 3 rings (SSSR count). The number of carboxylic acids is 2. The van der Waals surface area contributed by atoms with Crippen molar-refractivity contribution in [2.45, 2.75) is 62.7 Å². The molecule has 14 nitrogen and oxygen atoms in total. The highest BCUT2D eigenvalue weighted by Gasteiger charge is 2.31. The smallest absolute Gasteiger partial charge is 0.326 e. The van der Waals surface area contributed by atoms with Crippen LogP contribution in [0.5, 0.6) is 0 Å². The van der Waals surface area contributed by atoms with Gasteiger partial charge in [0.2, 0.25) is 23.6 Å². The Hall–Kier alpha value is -5.24. The van der Waals surface area contributed by atoms with Crippen molar-refractivity contribution >= 4 is 46.5 Å². The van der Waals surface area contributed by atoms with Crippen LogP contribution in [-0.4, -0.2) is 74.9 Å². The number of hydrogen-bond acceptors (Lipinski definition) is 7. The van der Waals surface area contributed by atoms with Crippen LogP contribution < -0.4 is 27.4 Å². The Morgan fingerprint density at radius 1 is 0.727 bits per heavy atom. The Morgan fingerprint density at radius 3 is 1.95 bits per heavy atom. The third-order valence-electron chi connectivity index (χ3n) is 6.95. The van der Waals surface area contributed by atoms with Crippen LogP contribution >= 0.6 is 0 Å². The molecule has 44 heavy (non-hydrogen) atoms. The molecule has 1 heterocycles. The quantitative estimate of drug-likeness (QED) is 0.102. The molecule has 0 saturated carbocycles. The van der Waals surface area contributed by atoms with Gasteiger partial charge in [0.15, 0.2) is 0 Å². The van der Waals surface area contributed by atoms with Crippen molar-refractivity contribution in [1.29, 1.82) is 0 Å². The fourth-order valence-electron chi connectivity index (χ4n) is 4.57. The molecule has 0 aliphatic heterocycles. The first kappa shape index (κ1) is 33.3. The molecule has 234 valence electrons. The van der Waals surface area contributed by atoms with E-state index in [4.69, 9.17) is 16.6 Å². The van der Waals surface area contributed by atoms with Gasteiger partial charge in [0, 0.05) is 42.8 Å². The number of fused-ring (bicyclic) bond motifs is 1. The van der Waals surface area contributed by atoms with Crippen molar-refractivity contribution in [3.63, 3.8) is 0 Å². The second kappa shape index (κ2) is 15.8. The van der Waals surface area contributed by atoms with E-state index in [9.17, 15) is 33.9 Å². The van der Waals surface area contributed by atoms with E-state index in [-0.39, 0.29) is 32.1 Å². The zero-order chi connectivity index (χ0) is 32.2. The summed E-state index contributed by atoms with van der Waals surface area (Å²) in [4.78, 5) is 77.1. The average molecular weight is 609 g/mol. The van der Waals surface area contributed by atoms with E-state index in [1.165, 1.54) is 0 Å². The monoisotopic (exact) mass is 608 g/mol. The fourth-order valence-corrected chi connectivity index (χ4v) is 4.57. The normalized spacial score (nSPS) is 13.7. The van der Waals surface area contributed by atoms with Crippen LogP contribution in [0.4, 0.5) is 0 Å². The number of nitrogens with two attached hydrogens (primary N) is 2. The summed E-state index contributed by atoms with van der Waals surface area (Å²) in [6.45, 7) is 0. The zero-order valence-corrected chi connectivity index (χ0v) is 23.8. The third-order valence-corrected chi connectivity index (χ3v) is 6.95. The maximum atomic E-state index is 13.7. The lowest BCUT2D eigenvalue weighted by Gasteiger charge is -2.25. The Morgan fingerprint density at radius 2 is 1.32 bits per heavy atom. The summed E-state index contributed by atoms with van der Waals surface area (Å²) in [5.41, 5.74) is 13.3. The van der Waals surface area contributed by atoms with Crippen LogP contribution in [-0.2, 0) is 41.6 Å². The van der Waals surface area contributed by atoms with Gasteiger partial charge in [-0.05, 0) is 30.0 Å². The summed E-state index contributed by atoms with van der Waals surface area (Å²) in [5, 5.41) is 26.9. The van der Waals surface area contributed by atoms with Gasteiger partial charge in [-0.15, -0.1) is 0 Å². The van der Waals surface area contributed by atoms with Crippen LogP contribution in [0.15, 0.2) is 60.8 Å². The summed E-state index contributed by atoms with van der Waals surface area (Å²) >= 11 is 0. The number of rotatable bonds is 17. The minimum absolute atomic E-state index is 0.000163. The van der Waals surface area contributed by atoms with Gasteiger partial charge in [-0.25, -0.2) is 4.79 Å². The summed E-state index contributed by atoms with van der Waals surface area (Å²) in [6, 6.07) is 10.8. The maximum absolute atomic E-state index is 13.7. The standard InChI is InChI=1S/C30H36N6O8/c31-20(10-12-25(32)37)27(40)35-24(15-18-16-33-21-9-5-4-8-19(18)21)29(42)36-23(14-17-6-2-1-3-7-17)28(41)34-22(30(43)44)11-13-26(38)39/h1-9,16,20,22-24,33H,10-15,31H2,(H2,32,37)(H,34,41)(H,35,40)(H,36,42)(H,38,39)(H,43,44). The topological polar surface area (TPSA) is 247 Å². The van der Waals surface area contributed by atoms with Gasteiger partial charge < -0.3 is 42.6 Å². The summed E-state index contributed by atoms with van der Waals surface area (Å²) in [5.74, 6) is -5.62. The number of H-pyrrole nitrogens is 1. The van der Waals surface area contributed by atoms with Gasteiger partial charge >= 0.3 is 11.9 Å². The van der Waals surface area contributed by atoms with E-state index >= 15 is 0 Å². The Bertz CT molecular complexity index is 1490. The summed E-state index contributed by atoms with van der Waals surface area (Å²) in [7, 11) is 0. The molecule has 0 spiro atoms. The predicted octanol–water partition coefficient (Wildman–Crippen LogP) is -0.0503. The number of carbonyl (C=O) groups excluding carboxylic acids is 4. The van der Waals surface area contributed by atoms with Crippen LogP contribution in [0, 0.1) is 0 Å². The Balaban J connectivity index is 1.88. The third kappa shape index (κ3) is 9.94. The maximum Gasteiger partial charge on any atom is 0.326 e. The lowest BCUT2D eigenvalue weighted by atomic mass is 10.0. The number of aromatic amines is 1. The predicted molar refractivity (Wildman–Crippen MR) is 159 cm³/mol. The molecule has 10 N–H and O–H groups in total. The molecule has 0 saturated heterocycles. The number of para-hydroxylation sites is 1. The van der Waals surface area contributed by atoms with E-state index in [0.29, 0.717) is 11.1 Å². The summed E-state index contributed by atoms with van der Waals surface area (Å²) < 4.78 is 0. The highest BCUT2D eigenvalue weighted by atomic mass is 16.4. The zero-order valence-electron chi connectivity index (χ0n) is 23.8. The number of benzene rings is 2. The lowest BCUT2D eigenvalue weighted by Crippen LogP contribution is -2.58. The molecular weight excluding hydrogens is 572 g/mol. The number of aliphatic carboxylic acids is 2. The molecule has 3 aromatic rings. The van der Waals surface area contributed by atoms with Crippen LogP contribution in [0.1, 0.15) is 36.8 Å². The van der Waals surface area contributed by atoms with Gasteiger partial charge in [-0.2, -0.15) is 0 Å². The van der Waals surface area contributed by atoms with Gasteiger partial charge in [-0.3, -0.25) is 24.0 Å². The SMILES string of the molecule is NC(=O)CCC(N)C(=O)NC(Cc1c[nH]c2ccccc12)C(=O)NC(Cc1ccccc1)C(=O)NC(CCC(=O)O)C(=O)O. The van der Waals surface area contributed by atoms with Gasteiger partial charge in [0.05, 0.1) is 6.04 Å². The van der Waals surface area contributed by atoms with Crippen molar-refractivity contribution < 1.29 is 39.0 Å². The molecule has 4 amide bonds. The first-order valence-electron chi connectivity index (χ1n) is 13.9. The van der Waals surface area contributed by atoms with E-state index in [1.54, 1.807) is 36.5 Å². The average Bonchev–Trinajstić information content (AvgIpc) is 3.40. The number of aromatic nitrogens is 1. The fraction of sp³-hybridized carbons (Fsp3) is 0.333. The van der Waals surface area contributed by atoms with Gasteiger partial charge in [-0.1, -0.05) is 48.5 Å². The number of carbonyl (C=O) groups is 6. The van der Waals surface area contributed by atoms with Crippen molar-refractivity contribution in [2.24, 2.45) is 11.5 Å². The first-order chi connectivity index (χ1) is 20.9. The number of hydrogen-bond donors (Lipinski definition) is 8. The van der Waals surface area contributed by atoms with Crippen molar-refractivity contribution in [1.82, 2.24) is 20.9 Å². The molecule has 2 aromatic carbocycles. The lowest BCUT2D eigenvalue weighted by molar-refractivity contribution is -0.143. The molecule has 0 aliphatic rings. The highest BCUT2D eigenvalue weighted by molar-refractivity contribution is 5.95. The Kier molecular flexibility index (Phi) is 12.0. The number of primary amides is 1. The molecule has 4 unspecified atom stereocenters. The molecule has 0 bridgehead atoms. The molecular formula is C30H36N6O8. The van der Waals surface area contributed by atoms with Crippen LogP contribution in [0.3, 0.4) is 0 Å². The minimum Gasteiger partial charge on any atom is -0.481 e. The minimum atomic E-state index is -1.52. The molecule has 0 radical (unpaired) electrons. The molecule has 1 aromatic heterocycles. The van der Waals surface area contributed by atoms with E-state index in [0.717, 1.165) is 10.9 Å². The van der Waals surface area contributed by atoms with E-state index in [2.05, 4.69) is 20.9 Å². The van der Waals surface area contributed by atoms with Crippen molar-refractivity contribution in [3.8, 4) is 0 Å². The highest BCUT2D eigenvalue weighted by Crippen LogP contribution is 2.19. The van der Waals surface area contributed by atoms with E-state index < -0.39 is 66.2 Å². The van der Waals surface area contributed by atoms with Gasteiger partial charge in [0.1, 0.15) is 18.1 Å². The Labute approximate surface area is 252 Å². The number of nitrogens with one attached hydrogen (secondary N) is 4. The van der Waals surface area contributed by atoms with Crippen LogP contribution in [0.25, 0.3) is 10.9 Å². The summed E-state index contributed by atoms with van der Waals surface area (Å²) in [6.07, 6.45) is 0.606. The number of amides is 4. The molecule has 14 heteroatoms. The molecule has 0 aliphatic carbocycles. The molecule has 4 atom stereocenters. The second-order valence-corrected chi connectivity index (χ2v) is 10.3. The van der Waals surface area contributed by atoms with Crippen molar-refractivity contribution in [2.75, 3.05) is 0 Å². The van der Waals surface area contributed by atoms with Gasteiger partial charge in [0.25, 0.3) is 0 Å².